The van der Waals surface area contributed by atoms with Gasteiger partial charge in [-0.25, -0.2) is 0 Å². The molecule has 1 heterocycles. The van der Waals surface area contributed by atoms with Crippen molar-refractivity contribution in [1.82, 2.24) is 0 Å². The third kappa shape index (κ3) is 2.75. The predicted octanol–water partition coefficient (Wildman–Crippen LogP) is 5.44. The lowest BCUT2D eigenvalue weighted by atomic mass is 10.2. The summed E-state index contributed by atoms with van der Waals surface area (Å²) in [5, 5.41) is 1.92. The van der Waals surface area contributed by atoms with E-state index in [9.17, 15) is 0 Å². The summed E-state index contributed by atoms with van der Waals surface area (Å²) in [5.74, 6) is 0.734. The van der Waals surface area contributed by atoms with Crippen LogP contribution in [0.15, 0.2) is 48.5 Å². The molecule has 19 heavy (non-hydrogen) atoms. The zero-order valence-corrected chi connectivity index (χ0v) is 12.1. The summed E-state index contributed by atoms with van der Waals surface area (Å²) in [4.78, 5) is 1.21. The van der Waals surface area contributed by atoms with E-state index in [0.717, 1.165) is 5.75 Å². The Morgan fingerprint density at radius 3 is 2.79 bits per heavy atom. The highest BCUT2D eigenvalue weighted by Crippen LogP contribution is 2.29. The molecule has 0 aliphatic rings. The lowest BCUT2D eigenvalue weighted by Crippen LogP contribution is -1.92. The molecule has 96 valence electrons. The molecule has 0 amide bonds. The largest absolute Gasteiger partial charge is 0.487 e. The fourth-order valence-electron chi connectivity index (χ4n) is 1.98. The van der Waals surface area contributed by atoms with Crippen molar-refractivity contribution in [3.63, 3.8) is 0 Å². The Bertz CT molecular complexity index is 718. The number of rotatable bonds is 3. The Morgan fingerprint density at radius 2 is 1.95 bits per heavy atom. The Labute approximate surface area is 121 Å². The fraction of sp³-hybridized carbons (Fsp3) is 0.125. The maximum Gasteiger partial charge on any atom is 0.138 e. The number of thiophene rings is 1. The fourth-order valence-corrected chi connectivity index (χ4v) is 3.24. The maximum absolute atomic E-state index is 6.07. The third-order valence-electron chi connectivity index (χ3n) is 2.93. The number of aryl methyl sites for hydroxylation is 1. The van der Waals surface area contributed by atoms with E-state index in [4.69, 9.17) is 16.3 Å². The monoisotopic (exact) mass is 288 g/mol. The van der Waals surface area contributed by atoms with Crippen LogP contribution in [0.1, 0.15) is 10.4 Å². The van der Waals surface area contributed by atoms with E-state index in [1.807, 2.05) is 24.3 Å². The Morgan fingerprint density at radius 1 is 1.11 bits per heavy atom. The number of para-hydroxylation sites is 1. The van der Waals surface area contributed by atoms with Gasteiger partial charge in [0.05, 0.1) is 5.02 Å². The van der Waals surface area contributed by atoms with Crippen LogP contribution in [-0.2, 0) is 6.61 Å². The molecule has 0 N–H and O–H groups in total. The van der Waals surface area contributed by atoms with E-state index in [2.05, 4.69) is 31.2 Å². The molecule has 3 rings (SSSR count). The van der Waals surface area contributed by atoms with Crippen LogP contribution < -0.4 is 4.74 Å². The van der Waals surface area contributed by atoms with Gasteiger partial charge in [-0.05, 0) is 42.1 Å². The summed E-state index contributed by atoms with van der Waals surface area (Å²) in [5.41, 5.74) is 1.29. The van der Waals surface area contributed by atoms with Gasteiger partial charge in [0.2, 0.25) is 0 Å². The van der Waals surface area contributed by atoms with Crippen LogP contribution >= 0.6 is 22.9 Å². The van der Waals surface area contributed by atoms with Crippen LogP contribution in [0.3, 0.4) is 0 Å². The first kappa shape index (κ1) is 12.5. The minimum absolute atomic E-state index is 0.558. The Balaban J connectivity index is 1.80. The summed E-state index contributed by atoms with van der Waals surface area (Å²) >= 11 is 7.84. The first-order chi connectivity index (χ1) is 9.22. The number of fused-ring (bicyclic) bond motifs is 1. The van der Waals surface area contributed by atoms with E-state index < -0.39 is 0 Å². The van der Waals surface area contributed by atoms with Crippen molar-refractivity contribution in [2.75, 3.05) is 0 Å². The van der Waals surface area contributed by atoms with Crippen LogP contribution in [-0.4, -0.2) is 0 Å². The Hall–Kier alpha value is -1.51. The smallest absolute Gasteiger partial charge is 0.138 e. The average molecular weight is 289 g/mol. The van der Waals surface area contributed by atoms with Crippen LogP contribution in [0, 0.1) is 6.92 Å². The van der Waals surface area contributed by atoms with Crippen LogP contribution in [0.2, 0.25) is 5.02 Å². The van der Waals surface area contributed by atoms with Crippen molar-refractivity contribution < 1.29 is 4.74 Å². The van der Waals surface area contributed by atoms with Gasteiger partial charge in [0.1, 0.15) is 12.4 Å². The molecule has 0 aliphatic heterocycles. The van der Waals surface area contributed by atoms with Crippen LogP contribution in [0.25, 0.3) is 10.1 Å². The van der Waals surface area contributed by atoms with E-state index >= 15 is 0 Å². The standard InChI is InChI=1S/C16H13ClOS/c1-11-6-7-12-9-13(19-16(12)8-11)10-18-15-5-3-2-4-14(15)17/h2-9H,10H2,1H3. The summed E-state index contributed by atoms with van der Waals surface area (Å²) < 4.78 is 7.06. The van der Waals surface area contributed by atoms with Gasteiger partial charge < -0.3 is 4.74 Å². The molecule has 1 aromatic heterocycles. The van der Waals surface area contributed by atoms with Gasteiger partial charge in [0.15, 0.2) is 0 Å². The number of hydrogen-bond donors (Lipinski definition) is 0. The molecule has 3 heteroatoms. The number of halogens is 1. The minimum atomic E-state index is 0.558. The zero-order chi connectivity index (χ0) is 13.2. The van der Waals surface area contributed by atoms with Crippen molar-refractivity contribution in [2.24, 2.45) is 0 Å². The molecule has 0 atom stereocenters. The summed E-state index contributed by atoms with van der Waals surface area (Å²) in [6.45, 7) is 2.67. The molecule has 0 unspecified atom stereocenters. The molecule has 0 bridgehead atoms. The average Bonchev–Trinajstić information content (AvgIpc) is 2.79. The van der Waals surface area contributed by atoms with Gasteiger partial charge in [-0.15, -0.1) is 11.3 Å². The van der Waals surface area contributed by atoms with Gasteiger partial charge >= 0.3 is 0 Å². The molecular weight excluding hydrogens is 276 g/mol. The Kier molecular flexibility index (Phi) is 3.45. The molecule has 0 spiro atoms. The molecule has 3 aromatic rings. The van der Waals surface area contributed by atoms with Gasteiger partial charge in [0, 0.05) is 9.58 Å². The van der Waals surface area contributed by atoms with Crippen LogP contribution in [0.5, 0.6) is 5.75 Å². The van der Waals surface area contributed by atoms with E-state index in [-0.39, 0.29) is 0 Å². The van der Waals surface area contributed by atoms with Crippen molar-refractivity contribution in [3.05, 3.63) is 64.0 Å². The second-order valence-corrected chi connectivity index (χ2v) is 6.05. The molecule has 2 aromatic carbocycles. The topological polar surface area (TPSA) is 9.23 Å². The molecule has 0 radical (unpaired) electrons. The van der Waals surface area contributed by atoms with Crippen molar-refractivity contribution in [3.8, 4) is 5.75 Å². The number of ether oxygens (including phenoxy) is 1. The molecule has 0 fully saturated rings. The highest BCUT2D eigenvalue weighted by atomic mass is 35.5. The quantitative estimate of drug-likeness (QED) is 0.623. The highest BCUT2D eigenvalue weighted by molar-refractivity contribution is 7.19. The zero-order valence-electron chi connectivity index (χ0n) is 10.5. The lowest BCUT2D eigenvalue weighted by molar-refractivity contribution is 0.310. The van der Waals surface area contributed by atoms with Crippen molar-refractivity contribution in [1.29, 1.82) is 0 Å². The predicted molar refractivity (Wildman–Crippen MR) is 82.3 cm³/mol. The van der Waals surface area contributed by atoms with Gasteiger partial charge in [-0.1, -0.05) is 35.9 Å². The second-order valence-electron chi connectivity index (χ2n) is 4.47. The number of benzene rings is 2. The molecule has 1 nitrogen and oxygen atoms in total. The first-order valence-corrected chi connectivity index (χ1v) is 7.28. The molecule has 0 saturated carbocycles. The van der Waals surface area contributed by atoms with E-state index in [1.54, 1.807) is 11.3 Å². The second kappa shape index (κ2) is 5.24. The minimum Gasteiger partial charge on any atom is -0.487 e. The van der Waals surface area contributed by atoms with Crippen molar-refractivity contribution in [2.45, 2.75) is 13.5 Å². The van der Waals surface area contributed by atoms with E-state index in [0.29, 0.717) is 11.6 Å². The van der Waals surface area contributed by atoms with Gasteiger partial charge in [-0.3, -0.25) is 0 Å². The first-order valence-electron chi connectivity index (χ1n) is 6.09. The molecular formula is C16H13ClOS. The summed E-state index contributed by atoms with van der Waals surface area (Å²) in [7, 11) is 0. The lowest BCUT2D eigenvalue weighted by Gasteiger charge is -2.05. The van der Waals surface area contributed by atoms with Crippen LogP contribution in [0.4, 0.5) is 0 Å². The maximum atomic E-state index is 6.07. The SMILES string of the molecule is Cc1ccc2cc(COc3ccccc3Cl)sc2c1. The summed E-state index contributed by atoms with van der Waals surface area (Å²) in [6, 6.07) is 16.2. The normalized spacial score (nSPS) is 10.8. The number of hydrogen-bond acceptors (Lipinski definition) is 2. The molecule has 0 saturated heterocycles. The van der Waals surface area contributed by atoms with Gasteiger partial charge in [0.25, 0.3) is 0 Å². The van der Waals surface area contributed by atoms with Gasteiger partial charge in [-0.2, -0.15) is 0 Å². The third-order valence-corrected chi connectivity index (χ3v) is 4.32. The molecule has 0 aliphatic carbocycles. The highest BCUT2D eigenvalue weighted by Gasteiger charge is 2.04. The summed E-state index contributed by atoms with van der Waals surface area (Å²) in [6.07, 6.45) is 0. The van der Waals surface area contributed by atoms with E-state index in [1.165, 1.54) is 20.5 Å². The van der Waals surface area contributed by atoms with Crippen molar-refractivity contribution >= 4 is 33.0 Å².